The van der Waals surface area contributed by atoms with Gasteiger partial charge in [0.25, 0.3) is 11.8 Å². The minimum absolute atomic E-state index is 0. The molecule has 1 fully saturated rings. The topological polar surface area (TPSA) is 131 Å². The molecule has 2 aliphatic rings. The Balaban J connectivity index is 0. The summed E-state index contributed by atoms with van der Waals surface area (Å²) in [4.78, 5) is 37.0. The van der Waals surface area contributed by atoms with E-state index in [4.69, 9.17) is 16.3 Å². The number of imide groups is 1. The summed E-state index contributed by atoms with van der Waals surface area (Å²) in [6.45, 7) is 8.74. The van der Waals surface area contributed by atoms with E-state index in [2.05, 4.69) is 12.4 Å². The minimum Gasteiger partial charge on any atom is -0.549 e. The zero-order chi connectivity index (χ0) is 23.6. The summed E-state index contributed by atoms with van der Waals surface area (Å²) in [5, 5.41) is 4.26. The average molecular weight is 491 g/mol. The number of hydrogen-bond acceptors (Lipinski definition) is 7. The first kappa shape index (κ1) is 34.4. The number of nitrogens with one attached hydrogen (secondary N) is 1. The van der Waals surface area contributed by atoms with E-state index in [1.807, 2.05) is 27.7 Å². The molecule has 5 N–H and O–H groups in total. The van der Waals surface area contributed by atoms with Gasteiger partial charge in [0.05, 0.1) is 13.1 Å². The van der Waals surface area contributed by atoms with Gasteiger partial charge in [-0.2, -0.15) is 0 Å². The molecule has 0 unspecified atom stereocenters. The predicted octanol–water partition coefficient (Wildman–Crippen LogP) is -1.12. The Kier molecular flexibility index (Phi) is 17.5. The van der Waals surface area contributed by atoms with Crippen molar-refractivity contribution in [3.05, 3.63) is 38.6 Å². The Morgan fingerprint density at radius 1 is 1.24 bits per heavy atom. The second-order valence-electron chi connectivity index (χ2n) is 8.34. The van der Waals surface area contributed by atoms with Crippen molar-refractivity contribution in [1.29, 1.82) is 0 Å². The maximum atomic E-state index is 12.4. The van der Waals surface area contributed by atoms with Gasteiger partial charge in [-0.15, -0.1) is 0 Å². The van der Waals surface area contributed by atoms with Crippen molar-refractivity contribution in [3.63, 3.8) is 0 Å². The molecule has 184 valence electrons. The van der Waals surface area contributed by atoms with Gasteiger partial charge in [0, 0.05) is 42.1 Å². The van der Waals surface area contributed by atoms with Crippen molar-refractivity contribution in [2.75, 3.05) is 19.6 Å². The molecule has 0 aromatic carbocycles. The Morgan fingerprint density at radius 2 is 1.76 bits per heavy atom. The van der Waals surface area contributed by atoms with Gasteiger partial charge in [-0.3, -0.25) is 19.3 Å². The molecule has 0 radical (unpaired) electrons. The molecule has 0 saturated heterocycles. The first-order chi connectivity index (χ1) is 14.6. The van der Waals surface area contributed by atoms with Crippen LogP contribution in [0.1, 0.15) is 53.4 Å². The van der Waals surface area contributed by atoms with E-state index in [-0.39, 0.29) is 94.9 Å². The number of carbonyl (C=O) groups excluding carboxylic acids is 3. The second-order valence-corrected chi connectivity index (χ2v) is 8.34. The Labute approximate surface area is 242 Å². The number of carbonyl (C=O) groups is 3. The van der Waals surface area contributed by atoms with Gasteiger partial charge >= 0.3 is 51.4 Å². The zero-order valence-corrected chi connectivity index (χ0v) is 24.3. The van der Waals surface area contributed by atoms with Crippen molar-refractivity contribution < 1.29 is 70.5 Å². The Morgan fingerprint density at radius 3 is 2.24 bits per heavy atom. The molecule has 0 atom stereocenters. The number of nitrogens with zero attached hydrogens (tertiary/aromatic N) is 2. The maximum Gasteiger partial charge on any atom is 1.00 e. The van der Waals surface area contributed by atoms with E-state index in [1.54, 1.807) is 6.20 Å². The van der Waals surface area contributed by atoms with Crippen LogP contribution in [0.3, 0.4) is 0 Å². The van der Waals surface area contributed by atoms with Crippen LogP contribution >= 0.6 is 0 Å². The molecule has 0 aromatic heterocycles. The molecule has 2 rings (SSSR count). The standard InChI is InChI=1S/C20H32N5O4.C2H6.CH3.K/c1-20(2,29-3)13-24(22)12-16(21)10-23-19(28)15-6-4-14(5-7-15)11-25-17(26)8-9-18(25)27;1-2;;/h8-9,12,14-15H,3-7,10-11,13,21-22H2,1-2H3,(H,23,28);1-2H3;1H3;/q-1;;-1;+1/b16-12-;;;. The van der Waals surface area contributed by atoms with Gasteiger partial charge in [-0.05, 0) is 45.4 Å². The SMILES string of the molecule is CC.[CH2-]OC(C)(C)CN(N)/C=C(\N)CNC(=O)C1CCC(CN2C(=O)C=CC2=O)CC1.[CH3-].[K+]. The van der Waals surface area contributed by atoms with Crippen molar-refractivity contribution in [2.45, 2.75) is 59.0 Å². The number of hydrazine groups is 1. The van der Waals surface area contributed by atoms with Crippen LogP contribution in [-0.4, -0.2) is 52.9 Å². The predicted molar refractivity (Wildman–Crippen MR) is 126 cm³/mol. The van der Waals surface area contributed by atoms with Crippen LogP contribution in [-0.2, 0) is 19.1 Å². The molecule has 1 heterocycles. The summed E-state index contributed by atoms with van der Waals surface area (Å²) in [7, 11) is 3.41. The van der Waals surface area contributed by atoms with Gasteiger partial charge in [0.1, 0.15) is 0 Å². The van der Waals surface area contributed by atoms with E-state index in [1.165, 1.54) is 22.1 Å². The van der Waals surface area contributed by atoms with Crippen molar-refractivity contribution in [1.82, 2.24) is 15.2 Å². The summed E-state index contributed by atoms with van der Waals surface area (Å²) in [5.74, 6) is 5.49. The molecule has 0 bridgehead atoms. The van der Waals surface area contributed by atoms with Gasteiger partial charge in [0.2, 0.25) is 5.91 Å². The number of rotatable bonds is 9. The summed E-state index contributed by atoms with van der Waals surface area (Å²) in [6, 6.07) is 0. The average Bonchev–Trinajstić information content (AvgIpc) is 3.05. The van der Waals surface area contributed by atoms with Gasteiger partial charge in [0.15, 0.2) is 0 Å². The third-order valence-electron chi connectivity index (χ3n) is 5.31. The number of amides is 3. The largest absolute Gasteiger partial charge is 1.00 e. The molecular formula is C23H41KN5O4-. The molecule has 9 nitrogen and oxygen atoms in total. The third kappa shape index (κ3) is 12.0. The number of hydrogen-bond donors (Lipinski definition) is 3. The van der Waals surface area contributed by atoms with Crippen LogP contribution in [0.5, 0.6) is 0 Å². The van der Waals surface area contributed by atoms with Crippen LogP contribution in [0.2, 0.25) is 0 Å². The first-order valence-electron chi connectivity index (χ1n) is 10.8. The van der Waals surface area contributed by atoms with Crippen molar-refractivity contribution >= 4 is 17.7 Å². The normalized spacial score (nSPS) is 20.3. The second kappa shape index (κ2) is 16.8. The summed E-state index contributed by atoms with van der Waals surface area (Å²) < 4.78 is 5.07. The monoisotopic (exact) mass is 490 g/mol. The smallest absolute Gasteiger partial charge is 0.549 e. The van der Waals surface area contributed by atoms with E-state index in [0.29, 0.717) is 18.8 Å². The third-order valence-corrected chi connectivity index (χ3v) is 5.31. The van der Waals surface area contributed by atoms with Gasteiger partial charge < -0.3 is 28.2 Å². The fourth-order valence-electron chi connectivity index (χ4n) is 3.60. The first-order valence-corrected chi connectivity index (χ1v) is 10.8. The quantitative estimate of drug-likeness (QED) is 0.123. The summed E-state index contributed by atoms with van der Waals surface area (Å²) >= 11 is 0. The van der Waals surface area contributed by atoms with E-state index in [0.717, 1.165) is 25.7 Å². The van der Waals surface area contributed by atoms with Crippen molar-refractivity contribution in [3.8, 4) is 0 Å². The molecule has 1 saturated carbocycles. The molecule has 0 spiro atoms. The van der Waals surface area contributed by atoms with Crippen LogP contribution in [0, 0.1) is 26.4 Å². The maximum absolute atomic E-state index is 12.4. The molecule has 1 aliphatic heterocycles. The number of ether oxygens (including phenoxy) is 1. The van der Waals surface area contributed by atoms with E-state index in [9.17, 15) is 14.4 Å². The summed E-state index contributed by atoms with van der Waals surface area (Å²) in [6.07, 6.45) is 7.22. The minimum atomic E-state index is -0.520. The molecule has 10 heteroatoms. The molecule has 3 amide bonds. The Hall–Kier alpha value is -0.754. The van der Waals surface area contributed by atoms with Crippen LogP contribution < -0.4 is 68.3 Å². The van der Waals surface area contributed by atoms with Crippen LogP contribution in [0.15, 0.2) is 24.0 Å². The molecule has 33 heavy (non-hydrogen) atoms. The zero-order valence-electron chi connectivity index (χ0n) is 21.2. The molecule has 1 aliphatic carbocycles. The van der Waals surface area contributed by atoms with Crippen LogP contribution in [0.25, 0.3) is 0 Å². The summed E-state index contributed by atoms with van der Waals surface area (Å²) in [5.41, 5.74) is 5.86. The molecular weight excluding hydrogens is 449 g/mol. The van der Waals surface area contributed by atoms with Gasteiger partial charge in [-0.1, -0.05) is 13.8 Å². The number of nitrogens with two attached hydrogens (primary N) is 2. The van der Waals surface area contributed by atoms with E-state index < -0.39 is 5.60 Å². The Bertz CT molecular complexity index is 670. The van der Waals surface area contributed by atoms with Crippen LogP contribution in [0.4, 0.5) is 0 Å². The fraction of sp³-hybridized carbons (Fsp3) is 0.609. The van der Waals surface area contributed by atoms with E-state index >= 15 is 0 Å². The van der Waals surface area contributed by atoms with Gasteiger partial charge in [-0.25, -0.2) is 13.0 Å². The fourth-order valence-corrected chi connectivity index (χ4v) is 3.60. The van der Waals surface area contributed by atoms with Crippen molar-refractivity contribution in [2.24, 2.45) is 23.4 Å². The molecule has 0 aromatic rings.